The Labute approximate surface area is 137 Å². The van der Waals surface area contributed by atoms with E-state index < -0.39 is 26.9 Å². The maximum atomic E-state index is 13.8. The lowest BCUT2D eigenvalue weighted by Crippen LogP contribution is -2.48. The maximum Gasteiger partial charge on any atom is 0.232 e. The van der Waals surface area contributed by atoms with Crippen LogP contribution >= 0.6 is 15.9 Å². The van der Waals surface area contributed by atoms with Crippen molar-refractivity contribution < 1.29 is 14.0 Å². The first kappa shape index (κ1) is 15.7. The zero-order valence-corrected chi connectivity index (χ0v) is 14.5. The standard InChI is InChI=1S/C17H19BrFNO2/c1-15(2)16(3)8-9-17(15,12(18)13(16)21)14(22)20-11-7-5-4-6-10(11)19/h4-7,12H,8-9H2,1-3H3,(H,20,22)/t12-,16-,17-/m1/s1. The molecule has 0 saturated heterocycles. The highest BCUT2D eigenvalue weighted by Crippen LogP contribution is 2.72. The molecule has 3 rings (SSSR count). The third-order valence-corrected chi connectivity index (χ3v) is 7.45. The van der Waals surface area contributed by atoms with E-state index in [2.05, 4.69) is 21.2 Å². The summed E-state index contributed by atoms with van der Waals surface area (Å²) in [7, 11) is 0. The number of Topliss-reactive ketones (excluding diaryl/α,β-unsaturated/α-hetero) is 1. The van der Waals surface area contributed by atoms with Gasteiger partial charge in [-0.2, -0.15) is 0 Å². The predicted octanol–water partition coefficient (Wildman–Crippen LogP) is 3.92. The molecule has 1 N–H and O–H groups in total. The van der Waals surface area contributed by atoms with Crippen molar-refractivity contribution in [1.82, 2.24) is 0 Å². The van der Waals surface area contributed by atoms with Crippen LogP contribution in [0.25, 0.3) is 0 Å². The highest BCUT2D eigenvalue weighted by molar-refractivity contribution is 9.10. The molecule has 2 bridgehead atoms. The second-order valence-corrected chi connectivity index (χ2v) is 8.00. The van der Waals surface area contributed by atoms with E-state index in [1.165, 1.54) is 12.1 Å². The molecule has 0 aliphatic heterocycles. The molecule has 0 heterocycles. The van der Waals surface area contributed by atoms with Gasteiger partial charge in [-0.1, -0.05) is 48.8 Å². The number of rotatable bonds is 2. The Kier molecular flexibility index (Phi) is 3.30. The lowest BCUT2D eigenvalue weighted by Gasteiger charge is -2.39. The summed E-state index contributed by atoms with van der Waals surface area (Å²) in [6.07, 6.45) is 1.31. The number of hydrogen-bond acceptors (Lipinski definition) is 2. The van der Waals surface area contributed by atoms with Gasteiger partial charge in [-0.3, -0.25) is 9.59 Å². The predicted molar refractivity (Wildman–Crippen MR) is 86.3 cm³/mol. The first-order chi connectivity index (χ1) is 10.2. The van der Waals surface area contributed by atoms with Gasteiger partial charge in [0, 0.05) is 5.41 Å². The fourth-order valence-electron chi connectivity index (χ4n) is 4.25. The molecule has 0 aromatic heterocycles. The number of carbonyl (C=O) groups excluding carboxylic acids is 2. The number of anilines is 1. The fourth-order valence-corrected chi connectivity index (χ4v) is 5.77. The van der Waals surface area contributed by atoms with Crippen LogP contribution in [-0.4, -0.2) is 16.5 Å². The molecule has 118 valence electrons. The summed E-state index contributed by atoms with van der Waals surface area (Å²) in [4.78, 5) is 25.1. The zero-order valence-electron chi connectivity index (χ0n) is 12.9. The third kappa shape index (κ3) is 1.60. The minimum Gasteiger partial charge on any atom is -0.323 e. The zero-order chi connectivity index (χ0) is 16.3. The van der Waals surface area contributed by atoms with Gasteiger partial charge in [-0.15, -0.1) is 0 Å². The minimum atomic E-state index is -0.846. The van der Waals surface area contributed by atoms with Gasteiger partial charge in [0.05, 0.1) is 15.9 Å². The quantitative estimate of drug-likeness (QED) is 0.805. The molecule has 2 aliphatic carbocycles. The number of fused-ring (bicyclic) bond motifs is 2. The molecule has 2 fully saturated rings. The van der Waals surface area contributed by atoms with E-state index in [-0.39, 0.29) is 17.4 Å². The van der Waals surface area contributed by atoms with Gasteiger partial charge in [-0.05, 0) is 30.4 Å². The molecule has 22 heavy (non-hydrogen) atoms. The van der Waals surface area contributed by atoms with Crippen molar-refractivity contribution in [3.8, 4) is 0 Å². The van der Waals surface area contributed by atoms with Crippen molar-refractivity contribution in [2.75, 3.05) is 5.32 Å². The summed E-state index contributed by atoms with van der Waals surface area (Å²) in [5.74, 6) is -0.673. The van der Waals surface area contributed by atoms with E-state index in [0.717, 1.165) is 0 Å². The van der Waals surface area contributed by atoms with Gasteiger partial charge in [0.25, 0.3) is 0 Å². The molecule has 0 unspecified atom stereocenters. The highest BCUT2D eigenvalue weighted by atomic mass is 79.9. The van der Waals surface area contributed by atoms with Crippen LogP contribution in [-0.2, 0) is 9.59 Å². The Morgan fingerprint density at radius 1 is 1.27 bits per heavy atom. The summed E-state index contributed by atoms with van der Waals surface area (Å²) in [6.45, 7) is 5.88. The van der Waals surface area contributed by atoms with Crippen molar-refractivity contribution in [2.45, 2.75) is 38.4 Å². The SMILES string of the molecule is CC1(C)[C@]2(C(=O)Nc3ccccc3F)CC[C@]1(C)C(=O)[C@H]2Br. The van der Waals surface area contributed by atoms with Gasteiger partial charge in [0.1, 0.15) is 5.82 Å². The van der Waals surface area contributed by atoms with Gasteiger partial charge in [0.15, 0.2) is 5.78 Å². The number of nitrogens with one attached hydrogen (secondary N) is 1. The van der Waals surface area contributed by atoms with Crippen molar-refractivity contribution in [2.24, 2.45) is 16.2 Å². The van der Waals surface area contributed by atoms with Crippen LogP contribution in [0, 0.1) is 22.1 Å². The van der Waals surface area contributed by atoms with E-state index in [1.54, 1.807) is 12.1 Å². The fraction of sp³-hybridized carbons (Fsp3) is 0.529. The highest BCUT2D eigenvalue weighted by Gasteiger charge is 2.76. The van der Waals surface area contributed by atoms with E-state index in [1.807, 2.05) is 20.8 Å². The number of carbonyl (C=O) groups is 2. The Morgan fingerprint density at radius 3 is 2.45 bits per heavy atom. The average molecular weight is 368 g/mol. The molecule has 0 radical (unpaired) electrons. The van der Waals surface area contributed by atoms with Crippen LogP contribution in [0.3, 0.4) is 0 Å². The minimum absolute atomic E-state index is 0.0763. The summed E-state index contributed by atoms with van der Waals surface area (Å²) in [5.41, 5.74) is -1.69. The van der Waals surface area contributed by atoms with Crippen LogP contribution in [0.15, 0.2) is 24.3 Å². The van der Waals surface area contributed by atoms with Gasteiger partial charge < -0.3 is 5.32 Å². The summed E-state index contributed by atoms with van der Waals surface area (Å²) < 4.78 is 13.8. The molecule has 2 aliphatic rings. The van der Waals surface area contributed by atoms with Crippen LogP contribution < -0.4 is 5.32 Å². The van der Waals surface area contributed by atoms with E-state index in [0.29, 0.717) is 12.8 Å². The summed E-state index contributed by atoms with van der Waals surface area (Å²) >= 11 is 3.46. The van der Waals surface area contributed by atoms with Gasteiger partial charge >= 0.3 is 0 Å². The maximum absolute atomic E-state index is 13.8. The van der Waals surface area contributed by atoms with Crippen LogP contribution in [0.4, 0.5) is 10.1 Å². The second kappa shape index (κ2) is 4.63. The Balaban J connectivity index is 2.02. The van der Waals surface area contributed by atoms with Gasteiger partial charge in [0.2, 0.25) is 5.91 Å². The average Bonchev–Trinajstić information content (AvgIpc) is 2.74. The molecule has 3 atom stereocenters. The normalized spacial score (nSPS) is 35.7. The topological polar surface area (TPSA) is 46.2 Å². The number of halogens is 2. The number of amides is 1. The number of benzene rings is 1. The van der Waals surface area contributed by atoms with Crippen LogP contribution in [0.2, 0.25) is 0 Å². The number of para-hydroxylation sites is 1. The monoisotopic (exact) mass is 367 g/mol. The lowest BCUT2D eigenvalue weighted by molar-refractivity contribution is -0.130. The first-order valence-corrected chi connectivity index (χ1v) is 8.34. The summed E-state index contributed by atoms with van der Waals surface area (Å²) in [5, 5.41) is 2.70. The first-order valence-electron chi connectivity index (χ1n) is 7.43. The molecule has 0 spiro atoms. The number of hydrogen-bond donors (Lipinski definition) is 1. The molecule has 3 nitrogen and oxygen atoms in total. The van der Waals surface area contributed by atoms with Crippen molar-refractivity contribution >= 4 is 33.3 Å². The van der Waals surface area contributed by atoms with Crippen LogP contribution in [0.5, 0.6) is 0 Å². The Hall–Kier alpha value is -1.23. The largest absolute Gasteiger partial charge is 0.323 e. The number of ketones is 1. The Bertz CT molecular complexity index is 674. The van der Waals surface area contributed by atoms with E-state index in [4.69, 9.17) is 0 Å². The smallest absolute Gasteiger partial charge is 0.232 e. The van der Waals surface area contributed by atoms with Gasteiger partial charge in [-0.25, -0.2) is 4.39 Å². The van der Waals surface area contributed by atoms with Crippen LogP contribution in [0.1, 0.15) is 33.6 Å². The molecule has 1 aromatic carbocycles. The van der Waals surface area contributed by atoms with E-state index >= 15 is 0 Å². The molecule has 2 saturated carbocycles. The van der Waals surface area contributed by atoms with Crippen molar-refractivity contribution in [3.05, 3.63) is 30.1 Å². The van der Waals surface area contributed by atoms with Crippen molar-refractivity contribution in [3.63, 3.8) is 0 Å². The lowest BCUT2D eigenvalue weighted by atomic mass is 9.64. The molecule has 1 amide bonds. The molecule has 1 aromatic rings. The second-order valence-electron chi connectivity index (χ2n) is 7.09. The number of alkyl halides is 1. The van der Waals surface area contributed by atoms with Crippen molar-refractivity contribution in [1.29, 1.82) is 0 Å². The molecular formula is C17H19BrFNO2. The third-order valence-electron chi connectivity index (χ3n) is 6.25. The molecular weight excluding hydrogens is 349 g/mol. The molecule has 5 heteroatoms. The van der Waals surface area contributed by atoms with E-state index in [9.17, 15) is 14.0 Å². The Morgan fingerprint density at radius 2 is 1.91 bits per heavy atom. The summed E-state index contributed by atoms with van der Waals surface area (Å²) in [6, 6.07) is 6.09.